The molecule has 0 spiro atoms. The normalized spacial score (nSPS) is 20.7. The lowest BCUT2D eigenvalue weighted by Gasteiger charge is -2.34. The first-order chi connectivity index (χ1) is 14.6. The number of pyridine rings is 1. The summed E-state index contributed by atoms with van der Waals surface area (Å²) < 4.78 is 0. The van der Waals surface area contributed by atoms with Gasteiger partial charge in [-0.05, 0) is 81.1 Å². The molecule has 6 heteroatoms. The van der Waals surface area contributed by atoms with Crippen LogP contribution in [0.25, 0.3) is 0 Å². The molecule has 1 saturated heterocycles. The van der Waals surface area contributed by atoms with Gasteiger partial charge in [0.05, 0.1) is 11.9 Å². The van der Waals surface area contributed by atoms with Gasteiger partial charge in [-0.25, -0.2) is 4.98 Å². The number of rotatable bonds is 5. The number of anilines is 2. The number of nitrogens with one attached hydrogen (secondary N) is 2. The molecule has 0 unspecified atom stereocenters. The van der Waals surface area contributed by atoms with Gasteiger partial charge in [0.15, 0.2) is 5.11 Å². The van der Waals surface area contributed by atoms with Crippen LogP contribution >= 0.6 is 23.8 Å². The van der Waals surface area contributed by atoms with Crippen LogP contribution in [-0.2, 0) is 5.41 Å². The summed E-state index contributed by atoms with van der Waals surface area (Å²) in [4.78, 5) is 7.08. The Morgan fingerprint density at radius 1 is 1.20 bits per heavy atom. The summed E-state index contributed by atoms with van der Waals surface area (Å²) in [6, 6.07) is 13.0. The molecule has 0 radical (unpaired) electrons. The number of aromatic nitrogens is 1. The summed E-state index contributed by atoms with van der Waals surface area (Å²) in [5.74, 6) is 1.05. The van der Waals surface area contributed by atoms with Crippen molar-refractivity contribution >= 4 is 40.4 Å². The van der Waals surface area contributed by atoms with Crippen LogP contribution in [-0.4, -0.2) is 29.2 Å². The van der Waals surface area contributed by atoms with Crippen LogP contribution < -0.4 is 15.5 Å². The fourth-order valence-electron chi connectivity index (χ4n) is 4.93. The van der Waals surface area contributed by atoms with E-state index in [1.807, 2.05) is 18.3 Å². The van der Waals surface area contributed by atoms with Gasteiger partial charge in [0.2, 0.25) is 0 Å². The zero-order chi connectivity index (χ0) is 21.0. The Hall–Kier alpha value is -1.85. The van der Waals surface area contributed by atoms with Gasteiger partial charge in [-0.3, -0.25) is 0 Å². The maximum absolute atomic E-state index is 6.26. The van der Waals surface area contributed by atoms with Gasteiger partial charge < -0.3 is 15.5 Å². The molecular formula is C24H31ClN4S. The molecule has 0 bridgehead atoms. The lowest BCUT2D eigenvalue weighted by molar-refractivity contribution is 0.435. The van der Waals surface area contributed by atoms with E-state index in [4.69, 9.17) is 23.8 Å². The quantitative estimate of drug-likeness (QED) is 0.563. The Kier molecular flexibility index (Phi) is 6.79. The van der Waals surface area contributed by atoms with Gasteiger partial charge in [-0.15, -0.1) is 0 Å². The highest BCUT2D eigenvalue weighted by molar-refractivity contribution is 7.80. The molecule has 1 atom stereocenters. The van der Waals surface area contributed by atoms with Crippen molar-refractivity contribution in [2.24, 2.45) is 0 Å². The molecule has 2 aliphatic rings. The van der Waals surface area contributed by atoms with E-state index in [9.17, 15) is 0 Å². The molecule has 0 amide bonds. The zero-order valence-electron chi connectivity index (χ0n) is 17.7. The van der Waals surface area contributed by atoms with E-state index in [1.165, 1.54) is 37.7 Å². The first-order valence-electron chi connectivity index (χ1n) is 11.1. The van der Waals surface area contributed by atoms with E-state index in [-0.39, 0.29) is 5.41 Å². The highest BCUT2D eigenvalue weighted by Crippen LogP contribution is 2.41. The minimum Gasteiger partial charge on any atom is -0.362 e. The minimum atomic E-state index is 0.100. The van der Waals surface area contributed by atoms with Crippen molar-refractivity contribution in [2.75, 3.05) is 23.3 Å². The Labute approximate surface area is 190 Å². The average Bonchev–Trinajstić information content (AvgIpc) is 3.24. The van der Waals surface area contributed by atoms with Gasteiger partial charge in [-0.1, -0.05) is 36.6 Å². The van der Waals surface area contributed by atoms with Crippen molar-refractivity contribution in [2.45, 2.75) is 63.3 Å². The molecular weight excluding hydrogens is 412 g/mol. The second-order valence-electron chi connectivity index (χ2n) is 8.75. The fraction of sp³-hybridized carbons (Fsp3) is 0.500. The number of benzene rings is 1. The molecule has 2 aromatic rings. The molecule has 2 heterocycles. The Balaban J connectivity index is 1.36. The SMILES string of the molecule is C[C@H]1CCCCN1c1ccc(NC(=S)NCC2(c3cccc(Cl)c3)CCCC2)cn1. The van der Waals surface area contributed by atoms with E-state index in [2.05, 4.69) is 51.7 Å². The first-order valence-corrected chi connectivity index (χ1v) is 11.9. The lowest BCUT2D eigenvalue weighted by atomic mass is 9.79. The minimum absolute atomic E-state index is 0.100. The number of thiocarbonyl (C=S) groups is 1. The van der Waals surface area contributed by atoms with Gasteiger partial charge >= 0.3 is 0 Å². The van der Waals surface area contributed by atoms with Gasteiger partial charge in [-0.2, -0.15) is 0 Å². The third kappa shape index (κ3) is 4.89. The molecule has 160 valence electrons. The average molecular weight is 443 g/mol. The molecule has 2 N–H and O–H groups in total. The zero-order valence-corrected chi connectivity index (χ0v) is 19.2. The first kappa shape index (κ1) is 21.4. The molecule has 1 aromatic carbocycles. The number of hydrogen-bond donors (Lipinski definition) is 2. The Bertz CT molecular complexity index is 864. The van der Waals surface area contributed by atoms with Crippen LogP contribution in [0.2, 0.25) is 5.02 Å². The van der Waals surface area contributed by atoms with Crippen molar-refractivity contribution in [1.82, 2.24) is 10.3 Å². The Morgan fingerprint density at radius 3 is 2.73 bits per heavy atom. The monoisotopic (exact) mass is 442 g/mol. The highest BCUT2D eigenvalue weighted by atomic mass is 35.5. The summed E-state index contributed by atoms with van der Waals surface area (Å²) in [5.41, 5.74) is 2.33. The van der Waals surface area contributed by atoms with E-state index < -0.39 is 0 Å². The molecule has 4 rings (SSSR count). The Morgan fingerprint density at radius 2 is 2.03 bits per heavy atom. The van der Waals surface area contributed by atoms with Gasteiger partial charge in [0.25, 0.3) is 0 Å². The van der Waals surface area contributed by atoms with E-state index in [1.54, 1.807) is 0 Å². The number of hydrogen-bond acceptors (Lipinski definition) is 3. The molecule has 30 heavy (non-hydrogen) atoms. The molecule has 4 nitrogen and oxygen atoms in total. The smallest absolute Gasteiger partial charge is 0.170 e. The maximum Gasteiger partial charge on any atom is 0.170 e. The summed E-state index contributed by atoms with van der Waals surface area (Å²) in [7, 11) is 0. The summed E-state index contributed by atoms with van der Waals surface area (Å²) in [5, 5.41) is 8.20. The topological polar surface area (TPSA) is 40.2 Å². The maximum atomic E-state index is 6.26. The second kappa shape index (κ2) is 9.52. The summed E-state index contributed by atoms with van der Waals surface area (Å²) >= 11 is 11.9. The van der Waals surface area contributed by atoms with E-state index >= 15 is 0 Å². The molecule has 1 aliphatic heterocycles. The molecule has 1 aliphatic carbocycles. The lowest BCUT2D eigenvalue weighted by Crippen LogP contribution is -2.40. The predicted octanol–water partition coefficient (Wildman–Crippen LogP) is 5.91. The molecule has 1 saturated carbocycles. The summed E-state index contributed by atoms with van der Waals surface area (Å²) in [6.45, 7) is 4.19. The van der Waals surface area contributed by atoms with Crippen molar-refractivity contribution in [3.8, 4) is 0 Å². The summed E-state index contributed by atoms with van der Waals surface area (Å²) in [6.07, 6.45) is 10.5. The van der Waals surface area contributed by atoms with Crippen molar-refractivity contribution in [3.63, 3.8) is 0 Å². The molecule has 2 fully saturated rings. The largest absolute Gasteiger partial charge is 0.362 e. The van der Waals surface area contributed by atoms with Crippen molar-refractivity contribution in [1.29, 1.82) is 0 Å². The molecule has 1 aromatic heterocycles. The second-order valence-corrected chi connectivity index (χ2v) is 9.59. The number of piperidine rings is 1. The van der Waals surface area contributed by atoms with E-state index in [0.717, 1.165) is 42.5 Å². The van der Waals surface area contributed by atoms with Gasteiger partial charge in [0.1, 0.15) is 5.82 Å². The predicted molar refractivity (Wildman–Crippen MR) is 131 cm³/mol. The van der Waals surface area contributed by atoms with Gasteiger partial charge in [0, 0.05) is 29.6 Å². The third-order valence-corrected chi connectivity index (χ3v) is 7.17. The fourth-order valence-corrected chi connectivity index (χ4v) is 5.31. The van der Waals surface area contributed by atoms with Crippen LogP contribution in [0.5, 0.6) is 0 Å². The third-order valence-electron chi connectivity index (χ3n) is 6.69. The van der Waals surface area contributed by atoms with Crippen molar-refractivity contribution < 1.29 is 0 Å². The van der Waals surface area contributed by atoms with Crippen LogP contribution in [0.4, 0.5) is 11.5 Å². The standard InChI is InChI=1S/C24H31ClN4S/c1-18-7-2-5-14-29(18)22-11-10-21(16-26-22)28-23(30)27-17-24(12-3-4-13-24)19-8-6-9-20(25)15-19/h6,8-11,15-16,18H,2-5,7,12-14,17H2,1H3,(H2,27,28,30)/t18-/m0/s1. The van der Waals surface area contributed by atoms with Crippen LogP contribution in [0.3, 0.4) is 0 Å². The van der Waals surface area contributed by atoms with Crippen LogP contribution in [0, 0.1) is 0 Å². The number of nitrogens with zero attached hydrogens (tertiary/aromatic N) is 2. The van der Waals surface area contributed by atoms with Crippen molar-refractivity contribution in [3.05, 3.63) is 53.2 Å². The highest BCUT2D eigenvalue weighted by Gasteiger charge is 2.35. The van der Waals surface area contributed by atoms with Crippen LogP contribution in [0.1, 0.15) is 57.4 Å². The van der Waals surface area contributed by atoms with Crippen LogP contribution in [0.15, 0.2) is 42.6 Å². The van der Waals surface area contributed by atoms with E-state index in [0.29, 0.717) is 11.2 Å². The number of halogens is 1.